The third-order valence-corrected chi connectivity index (χ3v) is 5.27. The maximum atomic E-state index is 12.7. The molecular weight excluding hydrogens is 350 g/mol. The smallest absolute Gasteiger partial charge is 0.273 e. The highest BCUT2D eigenvalue weighted by Crippen LogP contribution is 2.24. The number of nitrogens with zero attached hydrogens (tertiary/aromatic N) is 2. The molecule has 3 aromatic rings. The Morgan fingerprint density at radius 1 is 1.00 bits per heavy atom. The molecule has 1 fully saturated rings. The number of nitrogens with one attached hydrogen (secondary N) is 1. The summed E-state index contributed by atoms with van der Waals surface area (Å²) in [6.45, 7) is 2.69. The topological polar surface area (TPSA) is 58.4 Å². The molecule has 0 bridgehead atoms. The van der Waals surface area contributed by atoms with E-state index < -0.39 is 0 Å². The van der Waals surface area contributed by atoms with Gasteiger partial charge in [0.25, 0.3) is 5.91 Å². The van der Waals surface area contributed by atoms with Gasteiger partial charge in [-0.05, 0) is 31.5 Å². The highest BCUT2D eigenvalue weighted by Gasteiger charge is 2.23. The standard InChI is InChI=1S/C23H25N3O2/c27-23(20-16-22(28-25-20)19-12-6-2-7-13-19)24-17-21(18-10-4-1-5-11-18)26-14-8-3-9-15-26/h1-2,4-7,10-13,16,21H,3,8-9,14-15,17H2,(H,24,27)/t21-/m1/s1. The van der Waals surface area contributed by atoms with Crippen LogP contribution in [0.15, 0.2) is 71.3 Å². The Balaban J connectivity index is 1.45. The highest BCUT2D eigenvalue weighted by atomic mass is 16.5. The van der Waals surface area contributed by atoms with Gasteiger partial charge in [-0.25, -0.2) is 0 Å². The van der Waals surface area contributed by atoms with Crippen LogP contribution in [-0.4, -0.2) is 35.6 Å². The van der Waals surface area contributed by atoms with Crippen molar-refractivity contribution in [2.45, 2.75) is 25.3 Å². The van der Waals surface area contributed by atoms with E-state index in [1.165, 1.54) is 24.8 Å². The SMILES string of the molecule is O=C(NC[C@H](c1ccccc1)N1CCCCC1)c1cc(-c2ccccc2)on1. The molecule has 1 aliphatic rings. The molecular formula is C23H25N3O2. The van der Waals surface area contributed by atoms with Crippen molar-refractivity contribution >= 4 is 5.91 Å². The highest BCUT2D eigenvalue weighted by molar-refractivity contribution is 5.93. The van der Waals surface area contributed by atoms with Gasteiger partial charge in [-0.15, -0.1) is 0 Å². The summed E-state index contributed by atoms with van der Waals surface area (Å²) in [6.07, 6.45) is 3.70. The number of hydrogen-bond donors (Lipinski definition) is 1. The van der Waals surface area contributed by atoms with Crippen molar-refractivity contribution in [3.05, 3.63) is 78.0 Å². The molecule has 1 aromatic heterocycles. The number of carbonyl (C=O) groups is 1. The fourth-order valence-corrected chi connectivity index (χ4v) is 3.76. The van der Waals surface area contributed by atoms with Gasteiger partial charge < -0.3 is 9.84 Å². The second-order valence-electron chi connectivity index (χ2n) is 7.18. The number of benzene rings is 2. The molecule has 2 aromatic carbocycles. The van der Waals surface area contributed by atoms with Crippen LogP contribution in [-0.2, 0) is 0 Å². The van der Waals surface area contributed by atoms with Gasteiger partial charge in [0.15, 0.2) is 11.5 Å². The van der Waals surface area contributed by atoms with Gasteiger partial charge in [0.2, 0.25) is 0 Å². The van der Waals surface area contributed by atoms with Crippen LogP contribution >= 0.6 is 0 Å². The summed E-state index contributed by atoms with van der Waals surface area (Å²) < 4.78 is 5.36. The van der Waals surface area contributed by atoms with Crippen molar-refractivity contribution < 1.29 is 9.32 Å². The first-order chi connectivity index (χ1) is 13.8. The maximum Gasteiger partial charge on any atom is 0.273 e. The Bertz CT molecular complexity index is 886. The molecule has 0 saturated carbocycles. The molecule has 0 unspecified atom stereocenters. The van der Waals surface area contributed by atoms with Crippen molar-refractivity contribution in [1.82, 2.24) is 15.4 Å². The minimum absolute atomic E-state index is 0.172. The number of carbonyl (C=O) groups excluding carboxylic acids is 1. The summed E-state index contributed by atoms with van der Waals surface area (Å²) in [6, 6.07) is 21.9. The monoisotopic (exact) mass is 375 g/mol. The van der Waals surface area contributed by atoms with Crippen LogP contribution in [0.2, 0.25) is 0 Å². The number of piperidine rings is 1. The molecule has 1 amide bonds. The summed E-state index contributed by atoms with van der Waals surface area (Å²) in [5.41, 5.74) is 2.45. The summed E-state index contributed by atoms with van der Waals surface area (Å²) in [5, 5.41) is 7.01. The molecule has 4 rings (SSSR count). The van der Waals surface area contributed by atoms with Crippen LogP contribution in [0.25, 0.3) is 11.3 Å². The minimum Gasteiger partial charge on any atom is -0.355 e. The maximum absolute atomic E-state index is 12.7. The molecule has 28 heavy (non-hydrogen) atoms. The molecule has 1 atom stereocenters. The predicted molar refractivity (Wildman–Crippen MR) is 109 cm³/mol. The van der Waals surface area contributed by atoms with E-state index in [9.17, 15) is 4.79 Å². The molecule has 5 heteroatoms. The average molecular weight is 375 g/mol. The van der Waals surface area contributed by atoms with Crippen molar-refractivity contribution in [2.75, 3.05) is 19.6 Å². The van der Waals surface area contributed by atoms with Crippen LogP contribution in [0.3, 0.4) is 0 Å². The second-order valence-corrected chi connectivity index (χ2v) is 7.18. The second kappa shape index (κ2) is 8.85. The molecule has 2 heterocycles. The van der Waals surface area contributed by atoms with Gasteiger partial charge >= 0.3 is 0 Å². The molecule has 1 saturated heterocycles. The zero-order valence-corrected chi connectivity index (χ0v) is 15.9. The molecule has 5 nitrogen and oxygen atoms in total. The zero-order chi connectivity index (χ0) is 19.2. The van der Waals surface area contributed by atoms with Crippen LogP contribution in [0, 0.1) is 0 Å². The molecule has 0 spiro atoms. The Hall–Kier alpha value is -2.92. The Morgan fingerprint density at radius 2 is 1.68 bits per heavy atom. The summed E-state index contributed by atoms with van der Waals surface area (Å²) >= 11 is 0. The van der Waals surface area contributed by atoms with Crippen LogP contribution < -0.4 is 5.32 Å². The van der Waals surface area contributed by atoms with Gasteiger partial charge in [-0.3, -0.25) is 9.69 Å². The third kappa shape index (κ3) is 4.31. The van der Waals surface area contributed by atoms with E-state index in [2.05, 4.69) is 39.6 Å². The van der Waals surface area contributed by atoms with E-state index in [1.54, 1.807) is 6.07 Å². The first-order valence-electron chi connectivity index (χ1n) is 9.90. The first kappa shape index (κ1) is 18.4. The van der Waals surface area contributed by atoms with E-state index >= 15 is 0 Å². The van der Waals surface area contributed by atoms with Crippen LogP contribution in [0.1, 0.15) is 41.4 Å². The Morgan fingerprint density at radius 3 is 2.39 bits per heavy atom. The third-order valence-electron chi connectivity index (χ3n) is 5.27. The normalized spacial score (nSPS) is 15.9. The largest absolute Gasteiger partial charge is 0.355 e. The van der Waals surface area contributed by atoms with Crippen molar-refractivity contribution in [3.63, 3.8) is 0 Å². The lowest BCUT2D eigenvalue weighted by Gasteiger charge is -2.35. The van der Waals surface area contributed by atoms with Crippen molar-refractivity contribution in [3.8, 4) is 11.3 Å². The molecule has 144 valence electrons. The van der Waals surface area contributed by atoms with E-state index in [0.717, 1.165) is 18.7 Å². The van der Waals surface area contributed by atoms with Gasteiger partial charge in [-0.2, -0.15) is 0 Å². The lowest BCUT2D eigenvalue weighted by Crippen LogP contribution is -2.40. The average Bonchev–Trinajstić information content (AvgIpc) is 3.26. The van der Waals surface area contributed by atoms with E-state index in [4.69, 9.17) is 4.52 Å². The minimum atomic E-state index is -0.205. The lowest BCUT2D eigenvalue weighted by atomic mass is 10.0. The van der Waals surface area contributed by atoms with Crippen molar-refractivity contribution in [1.29, 1.82) is 0 Å². The summed E-state index contributed by atoms with van der Waals surface area (Å²) in [5.74, 6) is 0.394. The predicted octanol–water partition coefficient (Wildman–Crippen LogP) is 4.30. The van der Waals surface area contributed by atoms with E-state index in [0.29, 0.717) is 18.0 Å². The Kier molecular flexibility index (Phi) is 5.83. The fraction of sp³-hybridized carbons (Fsp3) is 0.304. The van der Waals surface area contributed by atoms with Gasteiger partial charge in [-0.1, -0.05) is 72.2 Å². The molecule has 1 aliphatic heterocycles. The van der Waals surface area contributed by atoms with Crippen LogP contribution in [0.4, 0.5) is 0 Å². The summed E-state index contributed by atoms with van der Waals surface area (Å²) in [4.78, 5) is 15.1. The first-order valence-corrected chi connectivity index (χ1v) is 9.90. The van der Waals surface area contributed by atoms with Gasteiger partial charge in [0.1, 0.15) is 0 Å². The van der Waals surface area contributed by atoms with E-state index in [1.807, 2.05) is 36.4 Å². The number of aromatic nitrogens is 1. The fourth-order valence-electron chi connectivity index (χ4n) is 3.76. The number of hydrogen-bond acceptors (Lipinski definition) is 4. The molecule has 1 N–H and O–H groups in total. The van der Waals surface area contributed by atoms with Crippen LogP contribution in [0.5, 0.6) is 0 Å². The molecule has 0 aliphatic carbocycles. The zero-order valence-electron chi connectivity index (χ0n) is 15.9. The summed E-state index contributed by atoms with van der Waals surface area (Å²) in [7, 11) is 0. The Labute approximate surface area is 165 Å². The van der Waals surface area contributed by atoms with Gasteiger partial charge in [0, 0.05) is 18.2 Å². The number of rotatable bonds is 6. The molecule has 0 radical (unpaired) electrons. The number of amides is 1. The van der Waals surface area contributed by atoms with Crippen molar-refractivity contribution in [2.24, 2.45) is 0 Å². The number of likely N-dealkylation sites (tertiary alicyclic amines) is 1. The quantitative estimate of drug-likeness (QED) is 0.698. The lowest BCUT2D eigenvalue weighted by molar-refractivity contribution is 0.0915. The van der Waals surface area contributed by atoms with Gasteiger partial charge in [0.05, 0.1) is 6.04 Å². The van der Waals surface area contributed by atoms with E-state index in [-0.39, 0.29) is 11.9 Å².